The average Bonchev–Trinajstić information content (AvgIpc) is 3.38. The first-order valence-corrected chi connectivity index (χ1v) is 17.1. The molecule has 0 saturated carbocycles. The first-order valence-electron chi connectivity index (χ1n) is 14.9. The van der Waals surface area contributed by atoms with Crippen molar-refractivity contribution < 1.29 is 27.5 Å². The van der Waals surface area contributed by atoms with Crippen LogP contribution in [0.15, 0.2) is 59.5 Å². The van der Waals surface area contributed by atoms with Gasteiger partial charge in [-0.05, 0) is 54.7 Å². The molecule has 0 atom stereocenters. The number of nitrogens with zero attached hydrogens (tertiary/aromatic N) is 2. The molecule has 0 fully saturated rings. The van der Waals surface area contributed by atoms with Crippen LogP contribution in [0.5, 0.6) is 0 Å². The first-order chi connectivity index (χ1) is 21.2. The number of imide groups is 1. The summed E-state index contributed by atoms with van der Waals surface area (Å²) in [7, 11) is -2.53. The number of hydrogen-bond donors (Lipinski definition) is 2. The number of nitrogens with one attached hydrogen (secondary N) is 2. The van der Waals surface area contributed by atoms with E-state index in [0.717, 1.165) is 42.7 Å². The largest absolute Gasteiger partial charge is 0.453 e. The second-order valence-electron chi connectivity index (χ2n) is 10.7. The summed E-state index contributed by atoms with van der Waals surface area (Å²) in [6.07, 6.45) is 2.98. The maximum atomic E-state index is 13.4. The second-order valence-corrected chi connectivity index (χ2v) is 13.7. The number of unbranched alkanes of at least 4 members (excludes halogenated alkanes) is 2. The fourth-order valence-corrected chi connectivity index (χ4v) is 7.89. The molecule has 0 aliphatic carbocycles. The summed E-state index contributed by atoms with van der Waals surface area (Å²) in [4.78, 5) is 41.8. The number of sulfonamides is 1. The highest BCUT2D eigenvalue weighted by Gasteiger charge is 2.30. The lowest BCUT2D eigenvalue weighted by atomic mass is 10.0. The van der Waals surface area contributed by atoms with E-state index in [1.165, 1.54) is 52.6 Å². The van der Waals surface area contributed by atoms with Crippen molar-refractivity contribution >= 4 is 44.3 Å². The molecule has 1 aliphatic rings. The molecule has 2 N–H and O–H groups in total. The Balaban J connectivity index is 1.56. The van der Waals surface area contributed by atoms with Crippen molar-refractivity contribution in [2.24, 2.45) is 0 Å². The minimum absolute atomic E-state index is 0.129. The fourth-order valence-electron chi connectivity index (χ4n) is 5.09. The van der Waals surface area contributed by atoms with E-state index < -0.39 is 27.9 Å². The summed E-state index contributed by atoms with van der Waals surface area (Å²) in [5, 5.41) is 5.39. The topological polar surface area (TPSA) is 125 Å². The Bertz CT molecular complexity index is 1550. The molecular formula is C32H40N4O6S2. The number of fused-ring (bicyclic) bond motifs is 1. The summed E-state index contributed by atoms with van der Waals surface area (Å²) in [6, 6.07) is 15.9. The van der Waals surface area contributed by atoms with Crippen molar-refractivity contribution in [3.05, 3.63) is 81.7 Å². The second kappa shape index (κ2) is 15.4. The molecule has 2 aromatic carbocycles. The highest BCUT2D eigenvalue weighted by Crippen LogP contribution is 2.38. The Morgan fingerprint density at radius 2 is 1.61 bits per heavy atom. The molecule has 2 heterocycles. The summed E-state index contributed by atoms with van der Waals surface area (Å²) >= 11 is 1.30. The van der Waals surface area contributed by atoms with Gasteiger partial charge in [0.2, 0.25) is 10.0 Å². The molecule has 4 rings (SSSR count). The van der Waals surface area contributed by atoms with Gasteiger partial charge in [-0.3, -0.25) is 19.8 Å². The highest BCUT2D eigenvalue weighted by atomic mass is 32.2. The predicted octanol–water partition coefficient (Wildman–Crippen LogP) is 5.65. The van der Waals surface area contributed by atoms with Gasteiger partial charge in [-0.25, -0.2) is 13.2 Å². The van der Waals surface area contributed by atoms with Gasteiger partial charge in [0.15, 0.2) is 0 Å². The smallest absolute Gasteiger partial charge is 0.413 e. The third-order valence-electron chi connectivity index (χ3n) is 7.52. The lowest BCUT2D eigenvalue weighted by molar-refractivity contribution is 0.0936. The third kappa shape index (κ3) is 8.12. The number of hydrogen-bond acceptors (Lipinski definition) is 8. The lowest BCUT2D eigenvalue weighted by Gasteiger charge is -2.27. The van der Waals surface area contributed by atoms with Gasteiger partial charge >= 0.3 is 6.09 Å². The van der Waals surface area contributed by atoms with Gasteiger partial charge in [0.25, 0.3) is 11.8 Å². The summed E-state index contributed by atoms with van der Waals surface area (Å²) in [5.74, 6) is -1.14. The summed E-state index contributed by atoms with van der Waals surface area (Å²) in [5.41, 5.74) is 2.45. The maximum absolute atomic E-state index is 13.4. The normalized spacial score (nSPS) is 13.4. The third-order valence-corrected chi connectivity index (χ3v) is 10.6. The van der Waals surface area contributed by atoms with Crippen molar-refractivity contribution in [1.82, 2.24) is 14.5 Å². The van der Waals surface area contributed by atoms with Crippen LogP contribution < -0.4 is 10.6 Å². The molecule has 0 unspecified atom stereocenters. The Labute approximate surface area is 263 Å². The molecule has 44 heavy (non-hydrogen) atoms. The van der Waals surface area contributed by atoms with Crippen LogP contribution in [0.25, 0.3) is 0 Å². The van der Waals surface area contributed by atoms with E-state index >= 15 is 0 Å². The number of ether oxygens (including phenoxy) is 1. The molecule has 1 aliphatic heterocycles. The Kier molecular flexibility index (Phi) is 11.7. The van der Waals surface area contributed by atoms with Crippen LogP contribution in [0.4, 0.5) is 9.80 Å². The van der Waals surface area contributed by atoms with Gasteiger partial charge in [-0.1, -0.05) is 57.0 Å². The number of alkyl carbamates (subject to hydrolysis) is 1. The van der Waals surface area contributed by atoms with Crippen LogP contribution >= 0.6 is 11.3 Å². The van der Waals surface area contributed by atoms with Crippen molar-refractivity contribution in [1.29, 1.82) is 0 Å². The molecule has 236 valence electrons. The molecule has 3 aromatic rings. The number of anilines is 1. The molecule has 0 saturated heterocycles. The lowest BCUT2D eigenvalue weighted by Crippen LogP contribution is -2.33. The van der Waals surface area contributed by atoms with Crippen LogP contribution in [0.1, 0.15) is 76.3 Å². The van der Waals surface area contributed by atoms with E-state index in [9.17, 15) is 22.8 Å². The molecule has 10 nitrogen and oxygen atoms in total. The molecular weight excluding hydrogens is 601 g/mol. The zero-order valence-corrected chi connectivity index (χ0v) is 27.1. The minimum atomic E-state index is -3.71. The van der Waals surface area contributed by atoms with Gasteiger partial charge in [0, 0.05) is 43.2 Å². The summed E-state index contributed by atoms with van der Waals surface area (Å²) in [6.45, 7) is 6.97. The van der Waals surface area contributed by atoms with Gasteiger partial charge in [0.05, 0.1) is 17.6 Å². The van der Waals surface area contributed by atoms with E-state index in [1.54, 1.807) is 0 Å². The van der Waals surface area contributed by atoms with Crippen molar-refractivity contribution in [2.45, 2.75) is 63.9 Å². The van der Waals surface area contributed by atoms with E-state index in [2.05, 4.69) is 32.4 Å². The Morgan fingerprint density at radius 1 is 0.955 bits per heavy atom. The zero-order valence-electron chi connectivity index (χ0n) is 25.4. The molecule has 0 bridgehead atoms. The SMILES string of the molecule is CCCCN(CCCC)S(=O)(=O)c1ccc(C(=O)Nc2sc3c(c2C(=O)NC(=O)OC)CCN(Cc2ccccc2)C3)cc1. The number of methoxy groups -OCH3 is 1. The van der Waals surface area contributed by atoms with Crippen LogP contribution in [0.3, 0.4) is 0 Å². The quantitative estimate of drug-likeness (QED) is 0.248. The van der Waals surface area contributed by atoms with Gasteiger partial charge in [0.1, 0.15) is 5.00 Å². The Hall–Kier alpha value is -3.58. The number of rotatable bonds is 13. The van der Waals surface area contributed by atoms with Crippen LogP contribution in [0, 0.1) is 0 Å². The van der Waals surface area contributed by atoms with Gasteiger partial charge in [-0.15, -0.1) is 11.3 Å². The maximum Gasteiger partial charge on any atom is 0.413 e. The van der Waals surface area contributed by atoms with Crippen molar-refractivity contribution in [2.75, 3.05) is 32.1 Å². The minimum Gasteiger partial charge on any atom is -0.453 e. The Morgan fingerprint density at radius 3 is 2.23 bits per heavy atom. The molecule has 1 aromatic heterocycles. The molecule has 0 spiro atoms. The van der Waals surface area contributed by atoms with Crippen molar-refractivity contribution in [3.8, 4) is 0 Å². The van der Waals surface area contributed by atoms with Crippen LogP contribution in [0.2, 0.25) is 0 Å². The number of benzene rings is 2. The van der Waals surface area contributed by atoms with Crippen LogP contribution in [-0.2, 0) is 34.3 Å². The van der Waals surface area contributed by atoms with Crippen LogP contribution in [-0.4, -0.2) is 62.3 Å². The summed E-state index contributed by atoms with van der Waals surface area (Å²) < 4.78 is 32.8. The number of amides is 3. The molecule has 3 amide bonds. The number of thiophene rings is 1. The van der Waals surface area contributed by atoms with Gasteiger partial charge in [-0.2, -0.15) is 4.31 Å². The first kappa shape index (κ1) is 33.3. The average molecular weight is 641 g/mol. The fraction of sp³-hybridized carbons (Fsp3) is 0.406. The van der Waals surface area contributed by atoms with Crippen molar-refractivity contribution in [3.63, 3.8) is 0 Å². The predicted molar refractivity (Wildman–Crippen MR) is 171 cm³/mol. The monoisotopic (exact) mass is 640 g/mol. The number of carbonyl (C=O) groups excluding carboxylic acids is 3. The van der Waals surface area contributed by atoms with E-state index in [1.807, 2.05) is 32.0 Å². The molecule has 0 radical (unpaired) electrons. The zero-order chi connectivity index (χ0) is 31.7. The highest BCUT2D eigenvalue weighted by molar-refractivity contribution is 7.89. The standard InChI is InChI=1S/C32H40N4O6S2/c1-4-6-18-36(19-7-5-2)44(40,41)25-15-13-24(14-16-25)29(37)33-31-28(30(38)34-32(39)42-3)26-17-20-35(22-27(26)43-31)21-23-11-9-8-10-12-23/h8-16H,4-7,17-22H2,1-3H3,(H,33,37)(H,34,38,39). The number of carbonyl (C=O) groups is 3. The van der Waals surface area contributed by atoms with E-state index in [0.29, 0.717) is 37.6 Å². The van der Waals surface area contributed by atoms with Gasteiger partial charge < -0.3 is 10.1 Å². The molecule has 12 heteroatoms. The van der Waals surface area contributed by atoms with E-state index in [-0.39, 0.29) is 16.0 Å². The van der Waals surface area contributed by atoms with E-state index in [4.69, 9.17) is 0 Å².